The first kappa shape index (κ1) is 14.9. The molecule has 0 aliphatic heterocycles. The number of carbonyl (C=O) groups is 1. The SMILES string of the molecule is O=C(Nc1ccccc1)Oc1ccc2nc(-c3ccccn3)oc2c1. The number of hydrogen-bond acceptors (Lipinski definition) is 5. The number of oxazole rings is 1. The summed E-state index contributed by atoms with van der Waals surface area (Å²) in [5.74, 6) is 0.783. The van der Waals surface area contributed by atoms with E-state index in [0.717, 1.165) is 0 Å². The maximum Gasteiger partial charge on any atom is 0.417 e. The lowest BCUT2D eigenvalue weighted by atomic mass is 10.3. The molecule has 0 saturated carbocycles. The van der Waals surface area contributed by atoms with Gasteiger partial charge < -0.3 is 9.15 Å². The zero-order valence-electron chi connectivity index (χ0n) is 13.0. The molecule has 2 heterocycles. The molecular weight excluding hydrogens is 318 g/mol. The number of rotatable bonds is 3. The third-order valence-electron chi connectivity index (χ3n) is 3.47. The Bertz CT molecular complexity index is 1010. The van der Waals surface area contributed by atoms with Crippen LogP contribution in [0, 0.1) is 0 Å². The number of para-hydroxylation sites is 1. The van der Waals surface area contributed by atoms with Crippen LogP contribution in [-0.4, -0.2) is 16.1 Å². The predicted molar refractivity (Wildman–Crippen MR) is 93.3 cm³/mol. The highest BCUT2D eigenvalue weighted by atomic mass is 16.6. The smallest absolute Gasteiger partial charge is 0.417 e. The van der Waals surface area contributed by atoms with E-state index in [0.29, 0.717) is 34.1 Å². The van der Waals surface area contributed by atoms with Gasteiger partial charge in [-0.05, 0) is 36.4 Å². The summed E-state index contributed by atoms with van der Waals surface area (Å²) in [5, 5.41) is 2.65. The number of nitrogens with one attached hydrogen (secondary N) is 1. The fourth-order valence-corrected chi connectivity index (χ4v) is 2.34. The lowest BCUT2D eigenvalue weighted by molar-refractivity contribution is 0.215. The first-order valence-electron chi connectivity index (χ1n) is 7.64. The number of carbonyl (C=O) groups excluding carboxylic acids is 1. The lowest BCUT2D eigenvalue weighted by Crippen LogP contribution is -2.16. The van der Waals surface area contributed by atoms with E-state index in [1.54, 1.807) is 36.5 Å². The molecule has 0 atom stereocenters. The molecule has 4 aromatic rings. The van der Waals surface area contributed by atoms with Crippen LogP contribution in [-0.2, 0) is 0 Å². The Labute approximate surface area is 143 Å². The van der Waals surface area contributed by atoms with E-state index in [1.807, 2.05) is 36.4 Å². The van der Waals surface area contributed by atoms with Gasteiger partial charge in [-0.1, -0.05) is 24.3 Å². The van der Waals surface area contributed by atoms with Crippen LogP contribution in [0.4, 0.5) is 10.5 Å². The quantitative estimate of drug-likeness (QED) is 0.598. The van der Waals surface area contributed by atoms with Crippen molar-refractivity contribution in [3.63, 3.8) is 0 Å². The molecule has 0 fully saturated rings. The van der Waals surface area contributed by atoms with Gasteiger partial charge in [0, 0.05) is 18.0 Å². The van der Waals surface area contributed by atoms with Crippen molar-refractivity contribution in [3.05, 3.63) is 72.9 Å². The van der Waals surface area contributed by atoms with E-state index >= 15 is 0 Å². The minimum Gasteiger partial charge on any atom is -0.435 e. The lowest BCUT2D eigenvalue weighted by Gasteiger charge is -2.06. The molecule has 0 unspecified atom stereocenters. The van der Waals surface area contributed by atoms with Crippen molar-refractivity contribution < 1.29 is 13.9 Å². The topological polar surface area (TPSA) is 77.2 Å². The first-order chi connectivity index (χ1) is 12.3. The molecule has 1 amide bonds. The van der Waals surface area contributed by atoms with E-state index < -0.39 is 6.09 Å². The minimum absolute atomic E-state index is 0.365. The first-order valence-corrected chi connectivity index (χ1v) is 7.64. The van der Waals surface area contributed by atoms with Gasteiger partial charge in [-0.2, -0.15) is 0 Å². The number of pyridine rings is 1. The Morgan fingerprint density at radius 1 is 1.00 bits per heavy atom. The Morgan fingerprint density at radius 2 is 1.84 bits per heavy atom. The van der Waals surface area contributed by atoms with Crippen LogP contribution in [0.15, 0.2) is 77.3 Å². The molecule has 1 N–H and O–H groups in total. The van der Waals surface area contributed by atoms with E-state index in [4.69, 9.17) is 9.15 Å². The second kappa shape index (κ2) is 6.45. The molecule has 0 aliphatic rings. The Morgan fingerprint density at radius 3 is 2.64 bits per heavy atom. The molecule has 2 aromatic heterocycles. The molecule has 2 aromatic carbocycles. The average molecular weight is 331 g/mol. The summed E-state index contributed by atoms with van der Waals surface area (Å²) >= 11 is 0. The Balaban J connectivity index is 1.54. The summed E-state index contributed by atoms with van der Waals surface area (Å²) in [4.78, 5) is 20.6. The monoisotopic (exact) mass is 331 g/mol. The zero-order chi connectivity index (χ0) is 17.1. The van der Waals surface area contributed by atoms with Crippen molar-refractivity contribution in [1.82, 2.24) is 9.97 Å². The summed E-state index contributed by atoms with van der Waals surface area (Å²) in [6.07, 6.45) is 1.10. The second-order valence-corrected chi connectivity index (χ2v) is 5.24. The molecule has 25 heavy (non-hydrogen) atoms. The average Bonchev–Trinajstić information content (AvgIpc) is 3.06. The molecule has 0 radical (unpaired) electrons. The highest BCUT2D eigenvalue weighted by Crippen LogP contribution is 2.26. The number of aromatic nitrogens is 2. The molecule has 6 nitrogen and oxygen atoms in total. The van der Waals surface area contributed by atoms with E-state index in [-0.39, 0.29) is 0 Å². The number of fused-ring (bicyclic) bond motifs is 1. The van der Waals surface area contributed by atoms with Crippen molar-refractivity contribution in [2.45, 2.75) is 0 Å². The number of ether oxygens (including phenoxy) is 1. The molecule has 0 aliphatic carbocycles. The van der Waals surface area contributed by atoms with E-state index in [1.165, 1.54) is 0 Å². The number of anilines is 1. The Hall–Kier alpha value is -3.67. The largest absolute Gasteiger partial charge is 0.435 e. The molecule has 0 saturated heterocycles. The van der Waals surface area contributed by atoms with Crippen LogP contribution < -0.4 is 10.1 Å². The van der Waals surface area contributed by atoms with Gasteiger partial charge in [0.1, 0.15) is 17.0 Å². The van der Waals surface area contributed by atoms with Crippen molar-refractivity contribution in [2.75, 3.05) is 5.32 Å². The van der Waals surface area contributed by atoms with Gasteiger partial charge in [0.25, 0.3) is 0 Å². The number of amides is 1. The number of hydrogen-bond donors (Lipinski definition) is 1. The molecule has 4 rings (SSSR count). The van der Waals surface area contributed by atoms with Crippen molar-refractivity contribution >= 4 is 22.9 Å². The van der Waals surface area contributed by atoms with E-state index in [2.05, 4.69) is 15.3 Å². The summed E-state index contributed by atoms with van der Waals surface area (Å²) in [6.45, 7) is 0. The van der Waals surface area contributed by atoms with Crippen molar-refractivity contribution in [1.29, 1.82) is 0 Å². The van der Waals surface area contributed by atoms with Crippen LogP contribution in [0.25, 0.3) is 22.7 Å². The molecule has 0 spiro atoms. The molecule has 122 valence electrons. The minimum atomic E-state index is -0.574. The van der Waals surface area contributed by atoms with Gasteiger partial charge in [-0.15, -0.1) is 0 Å². The van der Waals surface area contributed by atoms with Crippen molar-refractivity contribution in [2.24, 2.45) is 0 Å². The summed E-state index contributed by atoms with van der Waals surface area (Å²) in [7, 11) is 0. The van der Waals surface area contributed by atoms with Crippen LogP contribution in [0.1, 0.15) is 0 Å². The van der Waals surface area contributed by atoms with Gasteiger partial charge in [0.05, 0.1) is 0 Å². The highest BCUT2D eigenvalue weighted by Gasteiger charge is 2.11. The summed E-state index contributed by atoms with van der Waals surface area (Å²) in [5.41, 5.74) is 2.48. The van der Waals surface area contributed by atoms with Gasteiger partial charge in [-0.25, -0.2) is 9.78 Å². The number of benzene rings is 2. The maximum atomic E-state index is 12.0. The third kappa shape index (κ3) is 3.32. The van der Waals surface area contributed by atoms with Gasteiger partial charge in [0.15, 0.2) is 5.58 Å². The fraction of sp³-hybridized carbons (Fsp3) is 0. The zero-order valence-corrected chi connectivity index (χ0v) is 13.0. The normalized spacial score (nSPS) is 10.6. The number of nitrogens with zero attached hydrogens (tertiary/aromatic N) is 2. The third-order valence-corrected chi connectivity index (χ3v) is 3.47. The molecule has 6 heteroatoms. The van der Waals surface area contributed by atoms with Crippen molar-refractivity contribution in [3.8, 4) is 17.3 Å². The summed E-state index contributed by atoms with van der Waals surface area (Å²) in [6, 6.07) is 19.6. The standard InChI is InChI=1S/C19H13N3O3/c23-19(21-13-6-2-1-3-7-13)24-14-9-10-15-17(12-14)25-18(22-15)16-8-4-5-11-20-16/h1-12H,(H,21,23). The van der Waals surface area contributed by atoms with Crippen LogP contribution in [0.2, 0.25) is 0 Å². The second-order valence-electron chi connectivity index (χ2n) is 5.24. The van der Waals surface area contributed by atoms with Gasteiger partial charge in [0.2, 0.25) is 5.89 Å². The van der Waals surface area contributed by atoms with E-state index in [9.17, 15) is 4.79 Å². The fourth-order valence-electron chi connectivity index (χ4n) is 2.34. The van der Waals surface area contributed by atoms with Crippen LogP contribution >= 0.6 is 0 Å². The summed E-state index contributed by atoms with van der Waals surface area (Å²) < 4.78 is 11.0. The van der Waals surface area contributed by atoms with Crippen LogP contribution in [0.5, 0.6) is 5.75 Å². The maximum absolute atomic E-state index is 12.0. The van der Waals surface area contributed by atoms with Gasteiger partial charge >= 0.3 is 6.09 Å². The van der Waals surface area contributed by atoms with Crippen LogP contribution in [0.3, 0.4) is 0 Å². The highest BCUT2D eigenvalue weighted by molar-refractivity contribution is 5.87. The molecular formula is C19H13N3O3. The van der Waals surface area contributed by atoms with Gasteiger partial charge in [-0.3, -0.25) is 10.3 Å². The Kier molecular flexibility index (Phi) is 3.84. The predicted octanol–water partition coefficient (Wildman–Crippen LogP) is 4.50. The molecule has 0 bridgehead atoms.